The lowest BCUT2D eigenvalue weighted by Gasteiger charge is -2.18. The molecule has 1 heterocycles. The highest BCUT2D eigenvalue weighted by Gasteiger charge is 2.22. The van der Waals surface area contributed by atoms with Gasteiger partial charge in [0.25, 0.3) is 0 Å². The molecule has 2 atom stereocenters. The minimum absolute atomic E-state index is 0.0977. The zero-order valence-electron chi connectivity index (χ0n) is 9.73. The second kappa shape index (κ2) is 4.98. The van der Waals surface area contributed by atoms with Crippen molar-refractivity contribution >= 4 is 5.91 Å². The van der Waals surface area contributed by atoms with Crippen LogP contribution in [0.2, 0.25) is 0 Å². The van der Waals surface area contributed by atoms with E-state index in [0.717, 1.165) is 5.56 Å². The molecule has 1 aliphatic rings. The lowest BCUT2D eigenvalue weighted by Crippen LogP contribution is -2.33. The van der Waals surface area contributed by atoms with Crippen molar-refractivity contribution in [2.75, 3.05) is 6.54 Å². The molecule has 0 spiro atoms. The fourth-order valence-corrected chi connectivity index (χ4v) is 2.05. The summed E-state index contributed by atoms with van der Waals surface area (Å²) in [6.07, 6.45) is 0.530. The molecule has 4 heteroatoms. The van der Waals surface area contributed by atoms with E-state index in [2.05, 4.69) is 16.7 Å². The quantitative estimate of drug-likeness (QED) is 0.815. The van der Waals surface area contributed by atoms with Gasteiger partial charge in [-0.05, 0) is 24.6 Å². The Balaban J connectivity index is 2.01. The molecule has 1 aromatic carbocycles. The average molecular weight is 229 g/mol. The van der Waals surface area contributed by atoms with Gasteiger partial charge < -0.3 is 10.6 Å². The van der Waals surface area contributed by atoms with E-state index in [0.29, 0.717) is 18.5 Å². The van der Waals surface area contributed by atoms with Crippen molar-refractivity contribution in [3.8, 4) is 6.07 Å². The zero-order valence-corrected chi connectivity index (χ0v) is 9.73. The van der Waals surface area contributed by atoms with Gasteiger partial charge in [-0.15, -0.1) is 0 Å². The Morgan fingerprint density at radius 3 is 3.06 bits per heavy atom. The van der Waals surface area contributed by atoms with Crippen LogP contribution in [0.5, 0.6) is 0 Å². The number of carbonyl (C=O) groups is 1. The van der Waals surface area contributed by atoms with Crippen molar-refractivity contribution in [1.29, 1.82) is 5.26 Å². The number of nitrogens with one attached hydrogen (secondary N) is 2. The van der Waals surface area contributed by atoms with E-state index < -0.39 is 0 Å². The van der Waals surface area contributed by atoms with Crippen LogP contribution < -0.4 is 10.6 Å². The van der Waals surface area contributed by atoms with Gasteiger partial charge in [0.15, 0.2) is 0 Å². The van der Waals surface area contributed by atoms with E-state index in [1.165, 1.54) is 0 Å². The van der Waals surface area contributed by atoms with Gasteiger partial charge in [0.1, 0.15) is 0 Å². The number of benzene rings is 1. The summed E-state index contributed by atoms with van der Waals surface area (Å²) >= 11 is 0. The number of nitrogens with zero attached hydrogens (tertiary/aromatic N) is 1. The van der Waals surface area contributed by atoms with Crippen molar-refractivity contribution < 1.29 is 4.79 Å². The Bertz CT molecular complexity index is 464. The second-order valence-electron chi connectivity index (χ2n) is 4.33. The molecule has 1 fully saturated rings. The van der Waals surface area contributed by atoms with Gasteiger partial charge in [0.2, 0.25) is 5.91 Å². The molecule has 0 aromatic heterocycles. The number of nitriles is 1. The van der Waals surface area contributed by atoms with E-state index in [1.54, 1.807) is 6.07 Å². The number of hydrogen-bond donors (Lipinski definition) is 2. The third-order valence-corrected chi connectivity index (χ3v) is 2.98. The fraction of sp³-hybridized carbons (Fsp3) is 0.385. The standard InChI is InChI=1S/C13H15N3O/c1-9(16-12-6-13(17)15-8-12)11-4-2-3-10(5-11)7-14/h2-5,9,12,16H,6,8H2,1H3,(H,15,17). The molecule has 1 aromatic rings. The summed E-state index contributed by atoms with van der Waals surface area (Å²) in [6, 6.07) is 9.99. The van der Waals surface area contributed by atoms with Crippen LogP contribution in [0.4, 0.5) is 0 Å². The van der Waals surface area contributed by atoms with E-state index in [9.17, 15) is 4.79 Å². The highest BCUT2D eigenvalue weighted by Crippen LogP contribution is 2.15. The Morgan fingerprint density at radius 2 is 2.41 bits per heavy atom. The molecular formula is C13H15N3O. The van der Waals surface area contributed by atoms with E-state index >= 15 is 0 Å². The molecule has 2 unspecified atom stereocenters. The molecule has 88 valence electrons. The first-order chi connectivity index (χ1) is 8.19. The summed E-state index contributed by atoms with van der Waals surface area (Å²) in [5.74, 6) is 0.0977. The summed E-state index contributed by atoms with van der Waals surface area (Å²) in [5.41, 5.74) is 1.74. The monoisotopic (exact) mass is 229 g/mol. The topological polar surface area (TPSA) is 64.9 Å². The van der Waals surface area contributed by atoms with Gasteiger partial charge in [0, 0.05) is 25.0 Å². The van der Waals surface area contributed by atoms with Crippen LogP contribution in [0.1, 0.15) is 30.5 Å². The van der Waals surface area contributed by atoms with E-state index in [4.69, 9.17) is 5.26 Å². The lowest BCUT2D eigenvalue weighted by molar-refractivity contribution is -0.119. The predicted octanol–water partition coefficient (Wildman–Crippen LogP) is 1.10. The summed E-state index contributed by atoms with van der Waals surface area (Å²) in [7, 11) is 0. The molecule has 17 heavy (non-hydrogen) atoms. The Morgan fingerprint density at radius 1 is 1.59 bits per heavy atom. The van der Waals surface area contributed by atoms with Gasteiger partial charge in [-0.25, -0.2) is 0 Å². The minimum Gasteiger partial charge on any atom is -0.354 e. The van der Waals surface area contributed by atoms with Crippen molar-refractivity contribution in [3.63, 3.8) is 0 Å². The van der Waals surface area contributed by atoms with Crippen molar-refractivity contribution in [3.05, 3.63) is 35.4 Å². The van der Waals surface area contributed by atoms with Crippen molar-refractivity contribution in [1.82, 2.24) is 10.6 Å². The van der Waals surface area contributed by atoms with Crippen LogP contribution >= 0.6 is 0 Å². The third kappa shape index (κ3) is 2.83. The average Bonchev–Trinajstić information content (AvgIpc) is 2.75. The molecule has 0 aliphatic carbocycles. The molecule has 2 rings (SSSR count). The van der Waals surface area contributed by atoms with E-state index in [-0.39, 0.29) is 18.0 Å². The maximum absolute atomic E-state index is 11.1. The fourth-order valence-electron chi connectivity index (χ4n) is 2.05. The number of rotatable bonds is 3. The van der Waals surface area contributed by atoms with Crippen LogP contribution in [-0.4, -0.2) is 18.5 Å². The Hall–Kier alpha value is -1.86. The molecule has 0 saturated carbocycles. The van der Waals surface area contributed by atoms with Gasteiger partial charge in [-0.1, -0.05) is 12.1 Å². The molecule has 4 nitrogen and oxygen atoms in total. The Labute approximate surface area is 101 Å². The summed E-state index contributed by atoms with van der Waals surface area (Å²) < 4.78 is 0. The lowest BCUT2D eigenvalue weighted by atomic mass is 10.0. The summed E-state index contributed by atoms with van der Waals surface area (Å²) in [6.45, 7) is 2.72. The van der Waals surface area contributed by atoms with Crippen LogP contribution in [0.25, 0.3) is 0 Å². The van der Waals surface area contributed by atoms with Crippen LogP contribution in [0.15, 0.2) is 24.3 Å². The first kappa shape index (κ1) is 11.6. The van der Waals surface area contributed by atoms with E-state index in [1.807, 2.05) is 25.1 Å². The normalized spacial score (nSPS) is 20.7. The third-order valence-electron chi connectivity index (χ3n) is 2.98. The van der Waals surface area contributed by atoms with Crippen molar-refractivity contribution in [2.45, 2.75) is 25.4 Å². The molecule has 0 bridgehead atoms. The molecule has 0 radical (unpaired) electrons. The predicted molar refractivity (Wildman–Crippen MR) is 64.1 cm³/mol. The second-order valence-corrected chi connectivity index (χ2v) is 4.33. The number of hydrogen-bond acceptors (Lipinski definition) is 3. The van der Waals surface area contributed by atoms with Gasteiger partial charge in [-0.3, -0.25) is 4.79 Å². The number of carbonyl (C=O) groups excluding carboxylic acids is 1. The van der Waals surface area contributed by atoms with Gasteiger partial charge in [-0.2, -0.15) is 5.26 Å². The molecule has 1 saturated heterocycles. The molecule has 2 N–H and O–H groups in total. The van der Waals surface area contributed by atoms with Crippen LogP contribution in [-0.2, 0) is 4.79 Å². The molecule has 1 aliphatic heterocycles. The van der Waals surface area contributed by atoms with Gasteiger partial charge in [0.05, 0.1) is 11.6 Å². The van der Waals surface area contributed by atoms with Crippen molar-refractivity contribution in [2.24, 2.45) is 0 Å². The Kier molecular flexibility index (Phi) is 3.40. The smallest absolute Gasteiger partial charge is 0.221 e. The number of amides is 1. The van der Waals surface area contributed by atoms with Crippen LogP contribution in [0, 0.1) is 11.3 Å². The highest BCUT2D eigenvalue weighted by molar-refractivity contribution is 5.78. The molecular weight excluding hydrogens is 214 g/mol. The zero-order chi connectivity index (χ0) is 12.3. The van der Waals surface area contributed by atoms with Crippen LogP contribution in [0.3, 0.4) is 0 Å². The van der Waals surface area contributed by atoms with Gasteiger partial charge >= 0.3 is 0 Å². The maximum Gasteiger partial charge on any atom is 0.221 e. The first-order valence-corrected chi connectivity index (χ1v) is 5.72. The SMILES string of the molecule is CC(NC1CNC(=O)C1)c1cccc(C#N)c1. The highest BCUT2D eigenvalue weighted by atomic mass is 16.1. The minimum atomic E-state index is 0.0977. The molecule has 1 amide bonds. The largest absolute Gasteiger partial charge is 0.354 e. The summed E-state index contributed by atoms with van der Waals surface area (Å²) in [5, 5.41) is 15.0. The maximum atomic E-state index is 11.1. The summed E-state index contributed by atoms with van der Waals surface area (Å²) in [4.78, 5) is 11.1. The first-order valence-electron chi connectivity index (χ1n) is 5.72.